The highest BCUT2D eigenvalue weighted by atomic mass is 16.1. The van der Waals surface area contributed by atoms with Gasteiger partial charge in [0, 0.05) is 25.2 Å². The van der Waals surface area contributed by atoms with Crippen LogP contribution in [-0.2, 0) is 4.79 Å². The number of carbonyl (C=O) groups is 1. The van der Waals surface area contributed by atoms with Crippen LogP contribution in [0.3, 0.4) is 0 Å². The zero-order valence-corrected chi connectivity index (χ0v) is 11.2. The summed E-state index contributed by atoms with van der Waals surface area (Å²) in [5.74, 6) is 0.735. The summed E-state index contributed by atoms with van der Waals surface area (Å²) in [7, 11) is 0. The number of Topliss-reactive ketones (excluding diaryl/α,β-unsaturated/α-hetero) is 1. The molecule has 0 aromatic carbocycles. The second-order valence-electron chi connectivity index (χ2n) is 5.54. The number of hydrogen-bond donors (Lipinski definition) is 0. The van der Waals surface area contributed by atoms with E-state index in [-0.39, 0.29) is 0 Å². The third-order valence-electron chi connectivity index (χ3n) is 4.05. The van der Waals surface area contributed by atoms with Gasteiger partial charge in [-0.25, -0.2) is 0 Å². The van der Waals surface area contributed by atoms with Gasteiger partial charge >= 0.3 is 0 Å². The van der Waals surface area contributed by atoms with E-state index in [1.807, 2.05) is 0 Å². The molecule has 2 aliphatic rings. The molecule has 2 rings (SSSR count). The maximum atomic E-state index is 11.3. The number of likely N-dealkylation sites (tertiary alicyclic amines) is 1. The second kappa shape index (κ2) is 5.07. The molecule has 0 spiro atoms. The topological polar surface area (TPSA) is 20.3 Å². The molecule has 94 valence electrons. The normalized spacial score (nSPS) is 31.1. The molecule has 1 fully saturated rings. The lowest BCUT2D eigenvalue weighted by molar-refractivity contribution is -0.117. The van der Waals surface area contributed by atoms with Crippen LogP contribution in [-0.4, -0.2) is 23.3 Å². The molecule has 0 aromatic heterocycles. The van der Waals surface area contributed by atoms with Crippen molar-refractivity contribution in [1.29, 1.82) is 0 Å². The van der Waals surface area contributed by atoms with Crippen LogP contribution in [0.25, 0.3) is 0 Å². The van der Waals surface area contributed by atoms with Gasteiger partial charge in [0.1, 0.15) is 5.78 Å². The zero-order chi connectivity index (χ0) is 12.4. The van der Waals surface area contributed by atoms with Crippen molar-refractivity contribution in [2.75, 3.05) is 6.54 Å². The quantitative estimate of drug-likeness (QED) is 0.745. The summed E-state index contributed by atoms with van der Waals surface area (Å²) in [5.41, 5.74) is 2.77. The Morgan fingerprint density at radius 2 is 2.35 bits per heavy atom. The van der Waals surface area contributed by atoms with Crippen molar-refractivity contribution in [2.24, 2.45) is 5.92 Å². The zero-order valence-electron chi connectivity index (χ0n) is 11.2. The second-order valence-corrected chi connectivity index (χ2v) is 5.54. The molecule has 2 nitrogen and oxygen atoms in total. The highest BCUT2D eigenvalue weighted by Gasteiger charge is 2.25. The predicted octanol–water partition coefficient (Wildman–Crippen LogP) is 3.30. The van der Waals surface area contributed by atoms with Gasteiger partial charge in [0.05, 0.1) is 0 Å². The summed E-state index contributed by atoms with van der Waals surface area (Å²) in [4.78, 5) is 13.7. The summed E-state index contributed by atoms with van der Waals surface area (Å²) in [6, 6.07) is 0.661. The molecule has 1 aliphatic heterocycles. The van der Waals surface area contributed by atoms with Gasteiger partial charge in [-0.05, 0) is 51.5 Å². The van der Waals surface area contributed by atoms with Gasteiger partial charge in [-0.2, -0.15) is 0 Å². The van der Waals surface area contributed by atoms with Crippen molar-refractivity contribution in [2.45, 2.75) is 52.5 Å². The van der Waals surface area contributed by atoms with Crippen LogP contribution in [0.4, 0.5) is 0 Å². The first kappa shape index (κ1) is 12.4. The Kier molecular flexibility index (Phi) is 3.70. The van der Waals surface area contributed by atoms with Crippen LogP contribution in [0.1, 0.15) is 46.5 Å². The number of rotatable bonds is 3. The number of carbonyl (C=O) groups excluding carboxylic acids is 1. The molecule has 0 amide bonds. The Morgan fingerprint density at radius 3 is 2.94 bits per heavy atom. The third-order valence-corrected chi connectivity index (χ3v) is 4.05. The van der Waals surface area contributed by atoms with Gasteiger partial charge in [-0.3, -0.25) is 0 Å². The van der Waals surface area contributed by atoms with Gasteiger partial charge in [0.25, 0.3) is 0 Å². The molecule has 1 aliphatic carbocycles. The minimum Gasteiger partial charge on any atom is -0.374 e. The fourth-order valence-electron chi connectivity index (χ4n) is 2.96. The van der Waals surface area contributed by atoms with Crippen molar-refractivity contribution in [1.82, 2.24) is 4.90 Å². The average molecular weight is 233 g/mol. The van der Waals surface area contributed by atoms with Crippen LogP contribution >= 0.6 is 0 Å². The summed E-state index contributed by atoms with van der Waals surface area (Å²) in [6.45, 7) is 7.33. The molecule has 2 heteroatoms. The van der Waals surface area contributed by atoms with Crippen LogP contribution in [0, 0.1) is 5.92 Å². The molecule has 0 unspecified atom stereocenters. The predicted molar refractivity (Wildman–Crippen MR) is 70.6 cm³/mol. The van der Waals surface area contributed by atoms with E-state index < -0.39 is 0 Å². The molecule has 0 radical (unpaired) electrons. The highest BCUT2D eigenvalue weighted by Crippen LogP contribution is 2.34. The van der Waals surface area contributed by atoms with Crippen molar-refractivity contribution in [3.8, 4) is 0 Å². The minimum atomic E-state index is 0.304. The molecule has 17 heavy (non-hydrogen) atoms. The van der Waals surface area contributed by atoms with E-state index in [9.17, 15) is 4.79 Å². The molecular formula is C15H23NO. The minimum absolute atomic E-state index is 0.304. The fourth-order valence-corrected chi connectivity index (χ4v) is 2.96. The highest BCUT2D eigenvalue weighted by molar-refractivity contribution is 5.76. The summed E-state index contributed by atoms with van der Waals surface area (Å²) in [5, 5.41) is 0. The van der Waals surface area contributed by atoms with Crippen LogP contribution < -0.4 is 0 Å². The van der Waals surface area contributed by atoms with Crippen molar-refractivity contribution < 1.29 is 4.79 Å². The van der Waals surface area contributed by atoms with E-state index in [1.165, 1.54) is 30.5 Å². The van der Waals surface area contributed by atoms with Gasteiger partial charge < -0.3 is 9.69 Å². The number of hydrogen-bond acceptors (Lipinski definition) is 2. The Morgan fingerprint density at radius 1 is 1.59 bits per heavy atom. The summed E-state index contributed by atoms with van der Waals surface area (Å²) >= 11 is 0. The molecular weight excluding hydrogens is 210 g/mol. The van der Waals surface area contributed by atoms with Crippen molar-refractivity contribution in [3.63, 3.8) is 0 Å². The van der Waals surface area contributed by atoms with E-state index in [0.29, 0.717) is 24.2 Å². The molecule has 0 N–H and O–H groups in total. The number of allylic oxidation sites excluding steroid dienone is 3. The summed E-state index contributed by atoms with van der Waals surface area (Å²) in [6.07, 6.45) is 8.93. The van der Waals surface area contributed by atoms with Crippen molar-refractivity contribution in [3.05, 3.63) is 23.4 Å². The van der Waals surface area contributed by atoms with Crippen LogP contribution in [0.5, 0.6) is 0 Å². The van der Waals surface area contributed by atoms with E-state index >= 15 is 0 Å². The largest absolute Gasteiger partial charge is 0.374 e. The van der Waals surface area contributed by atoms with Gasteiger partial charge in [-0.1, -0.05) is 11.6 Å². The molecule has 2 atom stereocenters. The first-order chi connectivity index (χ1) is 8.08. The lowest BCUT2D eigenvalue weighted by Gasteiger charge is -2.22. The standard InChI is InChI=1S/C15H23NO/c1-11-6-7-14(9-13(3)17)15(11)10-16-8-4-5-12(16)2/h6,10,12,14H,4-5,7-9H2,1-3H3/b15-10+/t12-,14-/m1/s1. The SMILES string of the molecule is CC(=O)C[C@H]1CC=C(C)/C1=C\N1CCC[C@H]1C. The fraction of sp³-hybridized carbons (Fsp3) is 0.667. The average Bonchev–Trinajstić information content (AvgIpc) is 2.79. The molecule has 1 heterocycles. The molecule has 0 bridgehead atoms. The summed E-state index contributed by atoms with van der Waals surface area (Å²) < 4.78 is 0. The lowest BCUT2D eigenvalue weighted by Crippen LogP contribution is -2.22. The Bertz CT molecular complexity index is 367. The lowest BCUT2D eigenvalue weighted by atomic mass is 9.94. The smallest absolute Gasteiger partial charge is 0.130 e. The number of ketones is 1. The first-order valence-electron chi connectivity index (χ1n) is 6.72. The van der Waals surface area contributed by atoms with Crippen molar-refractivity contribution >= 4 is 5.78 Å². The maximum Gasteiger partial charge on any atom is 0.130 e. The van der Waals surface area contributed by atoms with E-state index in [4.69, 9.17) is 0 Å². The van der Waals surface area contributed by atoms with E-state index in [0.717, 1.165) is 6.42 Å². The van der Waals surface area contributed by atoms with Gasteiger partial charge in [0.15, 0.2) is 0 Å². The molecule has 0 aromatic rings. The number of nitrogens with zero attached hydrogens (tertiary/aromatic N) is 1. The van der Waals surface area contributed by atoms with Gasteiger partial charge in [-0.15, -0.1) is 0 Å². The van der Waals surface area contributed by atoms with Gasteiger partial charge in [0.2, 0.25) is 0 Å². The Balaban J connectivity index is 2.12. The monoisotopic (exact) mass is 233 g/mol. The Labute approximate surface area is 104 Å². The van der Waals surface area contributed by atoms with Crippen LogP contribution in [0.15, 0.2) is 23.4 Å². The van der Waals surface area contributed by atoms with Crippen LogP contribution in [0.2, 0.25) is 0 Å². The molecule has 1 saturated heterocycles. The first-order valence-corrected chi connectivity index (χ1v) is 6.72. The Hall–Kier alpha value is -1.05. The third kappa shape index (κ3) is 2.80. The maximum absolute atomic E-state index is 11.3. The van der Waals surface area contributed by atoms with E-state index in [2.05, 4.69) is 31.0 Å². The molecule has 0 saturated carbocycles. The van der Waals surface area contributed by atoms with E-state index in [1.54, 1.807) is 6.92 Å².